The maximum absolute atomic E-state index is 12.6. The second-order valence-corrected chi connectivity index (χ2v) is 5.38. The van der Waals surface area contributed by atoms with Crippen LogP contribution in [0, 0.1) is 0 Å². The molecule has 0 saturated carbocycles. The largest absolute Gasteiger partial charge is 0.416 e. The van der Waals surface area contributed by atoms with Gasteiger partial charge in [0.1, 0.15) is 0 Å². The summed E-state index contributed by atoms with van der Waals surface area (Å²) < 4.78 is 37.8. The van der Waals surface area contributed by atoms with Crippen molar-refractivity contribution in [1.29, 1.82) is 0 Å². The van der Waals surface area contributed by atoms with Crippen LogP contribution in [0.4, 0.5) is 13.2 Å². The maximum Gasteiger partial charge on any atom is 0.416 e. The molecule has 20 heavy (non-hydrogen) atoms. The Morgan fingerprint density at radius 1 is 0.950 bits per heavy atom. The quantitative estimate of drug-likeness (QED) is 0.624. The van der Waals surface area contributed by atoms with Gasteiger partial charge in [0, 0.05) is 10.6 Å². The Labute approximate surface area is 121 Å². The van der Waals surface area contributed by atoms with Gasteiger partial charge < -0.3 is 0 Å². The zero-order valence-electron chi connectivity index (χ0n) is 11.1. The smallest absolute Gasteiger partial charge is 0.166 e. The molecule has 2 aromatic carbocycles. The van der Waals surface area contributed by atoms with E-state index in [0.29, 0.717) is 11.5 Å². The molecule has 106 valence electrons. The predicted octanol–water partition coefficient (Wildman–Crippen LogP) is 6.15. The molecule has 0 nitrogen and oxygen atoms in total. The minimum Gasteiger partial charge on any atom is -0.166 e. The van der Waals surface area contributed by atoms with Crippen molar-refractivity contribution in [2.75, 3.05) is 0 Å². The average Bonchev–Trinajstić information content (AvgIpc) is 2.37. The molecule has 0 bridgehead atoms. The Morgan fingerprint density at radius 2 is 1.55 bits per heavy atom. The van der Waals surface area contributed by atoms with Crippen LogP contribution >= 0.6 is 11.6 Å². The van der Waals surface area contributed by atoms with Gasteiger partial charge >= 0.3 is 6.18 Å². The summed E-state index contributed by atoms with van der Waals surface area (Å²) in [4.78, 5) is 0. The van der Waals surface area contributed by atoms with Crippen LogP contribution in [-0.4, -0.2) is 0 Å². The molecule has 0 unspecified atom stereocenters. The first-order valence-electron chi connectivity index (χ1n) is 6.26. The molecule has 0 heterocycles. The molecule has 0 amide bonds. The first-order chi connectivity index (χ1) is 9.29. The van der Waals surface area contributed by atoms with E-state index in [-0.39, 0.29) is 5.02 Å². The van der Waals surface area contributed by atoms with Gasteiger partial charge in [0.2, 0.25) is 0 Å². The lowest BCUT2D eigenvalue weighted by molar-refractivity contribution is -0.137. The van der Waals surface area contributed by atoms with Crippen molar-refractivity contribution >= 4 is 11.6 Å². The third-order valence-corrected chi connectivity index (χ3v) is 3.50. The highest BCUT2D eigenvalue weighted by atomic mass is 35.5. The zero-order chi connectivity index (χ0) is 14.9. The fourth-order valence-corrected chi connectivity index (χ4v) is 2.26. The highest BCUT2D eigenvalue weighted by Crippen LogP contribution is 2.35. The lowest BCUT2D eigenvalue weighted by Crippen LogP contribution is -2.04. The van der Waals surface area contributed by atoms with Crippen molar-refractivity contribution < 1.29 is 13.2 Å². The SMILES string of the molecule is CC(C)c1ccc(-c2ccc(C(F)(F)F)cc2Cl)cc1. The summed E-state index contributed by atoms with van der Waals surface area (Å²) >= 11 is 5.97. The molecule has 2 rings (SSSR count). The standard InChI is InChI=1S/C16H14ClF3/c1-10(2)11-3-5-12(6-4-11)14-8-7-13(9-15(14)17)16(18,19)20/h3-10H,1-2H3. The molecular formula is C16H14ClF3. The average molecular weight is 299 g/mol. The van der Waals surface area contributed by atoms with E-state index < -0.39 is 11.7 Å². The van der Waals surface area contributed by atoms with E-state index in [1.165, 1.54) is 11.6 Å². The molecule has 0 N–H and O–H groups in total. The van der Waals surface area contributed by atoms with Crippen LogP contribution in [0.3, 0.4) is 0 Å². The molecule has 0 aliphatic heterocycles. The minimum atomic E-state index is -4.37. The predicted molar refractivity (Wildman–Crippen MR) is 76.0 cm³/mol. The number of benzene rings is 2. The van der Waals surface area contributed by atoms with Gasteiger partial charge in [0.15, 0.2) is 0 Å². The van der Waals surface area contributed by atoms with Gasteiger partial charge in [-0.3, -0.25) is 0 Å². The number of alkyl halides is 3. The lowest BCUT2D eigenvalue weighted by atomic mass is 9.98. The normalized spacial score (nSPS) is 11.9. The molecule has 0 radical (unpaired) electrons. The lowest BCUT2D eigenvalue weighted by Gasteiger charge is -2.11. The van der Waals surface area contributed by atoms with Crippen molar-refractivity contribution in [2.24, 2.45) is 0 Å². The van der Waals surface area contributed by atoms with Gasteiger partial charge in [0.05, 0.1) is 5.56 Å². The number of hydrogen-bond acceptors (Lipinski definition) is 0. The molecule has 0 spiro atoms. The van der Waals surface area contributed by atoms with Crippen LogP contribution in [-0.2, 0) is 6.18 Å². The van der Waals surface area contributed by atoms with Crippen LogP contribution in [0.25, 0.3) is 11.1 Å². The van der Waals surface area contributed by atoms with Crippen molar-refractivity contribution in [3.05, 3.63) is 58.6 Å². The van der Waals surface area contributed by atoms with E-state index in [4.69, 9.17) is 11.6 Å². The third kappa shape index (κ3) is 3.15. The van der Waals surface area contributed by atoms with Gasteiger partial charge in [-0.05, 0) is 29.2 Å². The first kappa shape index (κ1) is 14.9. The topological polar surface area (TPSA) is 0 Å². The summed E-state index contributed by atoms with van der Waals surface area (Å²) in [6.45, 7) is 4.17. The molecular weight excluding hydrogens is 285 g/mol. The summed E-state index contributed by atoms with van der Waals surface area (Å²) in [5.41, 5.74) is 1.87. The molecule has 0 aliphatic rings. The fraction of sp³-hybridized carbons (Fsp3) is 0.250. The summed E-state index contributed by atoms with van der Waals surface area (Å²) in [6.07, 6.45) is -4.37. The number of rotatable bonds is 2. The molecule has 0 saturated heterocycles. The second kappa shape index (κ2) is 5.49. The maximum atomic E-state index is 12.6. The molecule has 2 aromatic rings. The Bertz CT molecular complexity index is 598. The summed E-state index contributed by atoms with van der Waals surface area (Å²) in [5, 5.41) is 0.108. The first-order valence-corrected chi connectivity index (χ1v) is 6.64. The Morgan fingerprint density at radius 3 is 2.00 bits per heavy atom. The summed E-state index contributed by atoms with van der Waals surface area (Å²) in [7, 11) is 0. The number of halogens is 4. The van der Waals surface area contributed by atoms with Gasteiger partial charge in [-0.2, -0.15) is 13.2 Å². The molecule has 0 fully saturated rings. The highest BCUT2D eigenvalue weighted by molar-refractivity contribution is 6.33. The highest BCUT2D eigenvalue weighted by Gasteiger charge is 2.30. The van der Waals surface area contributed by atoms with E-state index in [1.54, 1.807) is 0 Å². The van der Waals surface area contributed by atoms with Crippen molar-refractivity contribution in [3.63, 3.8) is 0 Å². The number of hydrogen-bond donors (Lipinski definition) is 0. The van der Waals surface area contributed by atoms with Crippen LogP contribution in [0.15, 0.2) is 42.5 Å². The van der Waals surface area contributed by atoms with Gasteiger partial charge in [-0.1, -0.05) is 55.8 Å². The van der Waals surface area contributed by atoms with Gasteiger partial charge in [-0.25, -0.2) is 0 Å². The Hall–Kier alpha value is -1.48. The van der Waals surface area contributed by atoms with Crippen molar-refractivity contribution in [1.82, 2.24) is 0 Å². The second-order valence-electron chi connectivity index (χ2n) is 4.97. The van der Waals surface area contributed by atoms with E-state index >= 15 is 0 Å². The Kier molecular flexibility index (Phi) is 4.09. The van der Waals surface area contributed by atoms with E-state index in [9.17, 15) is 13.2 Å². The summed E-state index contributed by atoms with van der Waals surface area (Å²) in [5.74, 6) is 0.409. The fourth-order valence-electron chi connectivity index (χ4n) is 1.97. The minimum absolute atomic E-state index is 0.108. The van der Waals surface area contributed by atoms with Gasteiger partial charge in [-0.15, -0.1) is 0 Å². The van der Waals surface area contributed by atoms with Crippen LogP contribution in [0.2, 0.25) is 5.02 Å². The molecule has 0 atom stereocenters. The van der Waals surface area contributed by atoms with Crippen molar-refractivity contribution in [3.8, 4) is 11.1 Å². The Balaban J connectivity index is 2.38. The van der Waals surface area contributed by atoms with Crippen LogP contribution in [0.5, 0.6) is 0 Å². The monoisotopic (exact) mass is 298 g/mol. The molecule has 0 aliphatic carbocycles. The van der Waals surface area contributed by atoms with Gasteiger partial charge in [0.25, 0.3) is 0 Å². The summed E-state index contributed by atoms with van der Waals surface area (Å²) in [6, 6.07) is 11.1. The molecule has 4 heteroatoms. The van der Waals surface area contributed by atoms with Crippen molar-refractivity contribution in [2.45, 2.75) is 25.9 Å². The van der Waals surface area contributed by atoms with Crippen LogP contribution in [0.1, 0.15) is 30.9 Å². The van der Waals surface area contributed by atoms with E-state index in [1.807, 2.05) is 24.3 Å². The zero-order valence-corrected chi connectivity index (χ0v) is 11.9. The molecule has 0 aromatic heterocycles. The van der Waals surface area contributed by atoms with E-state index in [2.05, 4.69) is 13.8 Å². The van der Waals surface area contributed by atoms with E-state index in [0.717, 1.165) is 17.7 Å². The third-order valence-electron chi connectivity index (χ3n) is 3.18. The van der Waals surface area contributed by atoms with Crippen LogP contribution < -0.4 is 0 Å².